The van der Waals surface area contributed by atoms with Gasteiger partial charge < -0.3 is 15.5 Å². The minimum absolute atomic E-state index is 0.000102. The Morgan fingerprint density at radius 1 is 1.19 bits per heavy atom. The van der Waals surface area contributed by atoms with Crippen LogP contribution in [0.3, 0.4) is 0 Å². The minimum Gasteiger partial charge on any atom is -0.480 e. The molecule has 1 aliphatic carbocycles. The van der Waals surface area contributed by atoms with Gasteiger partial charge in [-0.15, -0.1) is 0 Å². The van der Waals surface area contributed by atoms with Gasteiger partial charge >= 0.3 is 11.9 Å². The van der Waals surface area contributed by atoms with Gasteiger partial charge in [-0.2, -0.15) is 11.8 Å². The third kappa shape index (κ3) is 10.3. The van der Waals surface area contributed by atoms with E-state index in [2.05, 4.69) is 10.6 Å². The molecule has 1 rings (SSSR count). The van der Waals surface area contributed by atoms with Crippen molar-refractivity contribution in [3.8, 4) is 0 Å². The zero-order valence-electron chi connectivity index (χ0n) is 19.1. The number of nitrogens with one attached hydrogen (secondary N) is 2. The van der Waals surface area contributed by atoms with E-state index in [1.807, 2.05) is 27.7 Å². The van der Waals surface area contributed by atoms with Gasteiger partial charge in [0.1, 0.15) is 17.5 Å². The van der Waals surface area contributed by atoms with Crippen LogP contribution in [0.1, 0.15) is 66.7 Å². The Hall–Kier alpha value is -1.87. The van der Waals surface area contributed by atoms with Gasteiger partial charge in [0.05, 0.1) is 0 Å². The lowest BCUT2D eigenvalue weighted by Crippen LogP contribution is -2.51. The number of thioether (sulfide) groups is 1. The first kappa shape index (κ1) is 27.2. The van der Waals surface area contributed by atoms with E-state index in [1.54, 1.807) is 0 Å². The zero-order chi connectivity index (χ0) is 23.8. The predicted molar refractivity (Wildman–Crippen MR) is 121 cm³/mol. The molecule has 1 fully saturated rings. The highest BCUT2D eigenvalue weighted by molar-refractivity contribution is 7.99. The Balaban J connectivity index is 2.35. The number of hydrogen-bond acceptors (Lipinski definition) is 6. The first-order valence-electron chi connectivity index (χ1n) is 10.6. The normalized spacial score (nSPS) is 18.9. The second-order valence-corrected chi connectivity index (χ2v) is 10.7. The fraction of sp³-hybridized carbons (Fsp3) is 0.727. The molecular weight excluding hydrogens is 420 g/mol. The molecule has 1 amide bonds. The molecule has 176 valence electrons. The molecule has 0 aromatic heterocycles. The Morgan fingerprint density at radius 3 is 2.29 bits per heavy atom. The Labute approximate surface area is 188 Å². The Kier molecular flexibility index (Phi) is 10.2. The van der Waals surface area contributed by atoms with Crippen molar-refractivity contribution in [3.63, 3.8) is 0 Å². The maximum atomic E-state index is 12.1. The monoisotopic (exact) mass is 456 g/mol. The molecule has 0 saturated heterocycles. The molecule has 0 unspecified atom stereocenters. The van der Waals surface area contributed by atoms with Gasteiger partial charge in [0.2, 0.25) is 5.91 Å². The van der Waals surface area contributed by atoms with Gasteiger partial charge in [-0.1, -0.05) is 19.9 Å². The number of unbranched alkanes of at least 4 members (excludes halogenated alkanes) is 2. The second-order valence-electron chi connectivity index (χ2n) is 9.53. The topological polar surface area (TPSA) is 133 Å². The molecule has 0 aliphatic heterocycles. The van der Waals surface area contributed by atoms with Crippen molar-refractivity contribution in [2.45, 2.75) is 78.3 Å². The van der Waals surface area contributed by atoms with Crippen molar-refractivity contribution in [2.24, 2.45) is 11.3 Å². The van der Waals surface area contributed by atoms with E-state index in [0.717, 1.165) is 25.0 Å². The summed E-state index contributed by atoms with van der Waals surface area (Å²) in [7, 11) is 0. The van der Waals surface area contributed by atoms with Crippen LogP contribution in [0.4, 0.5) is 0 Å². The van der Waals surface area contributed by atoms with E-state index in [0.29, 0.717) is 12.2 Å². The van der Waals surface area contributed by atoms with Crippen LogP contribution < -0.4 is 10.6 Å². The quantitative estimate of drug-likeness (QED) is 0.218. The molecule has 0 heterocycles. The van der Waals surface area contributed by atoms with Gasteiger partial charge in [0.25, 0.3) is 0 Å². The summed E-state index contributed by atoms with van der Waals surface area (Å²) in [5.74, 6) is -1.37. The fourth-order valence-corrected chi connectivity index (χ4v) is 4.48. The largest absolute Gasteiger partial charge is 0.480 e. The third-order valence-corrected chi connectivity index (χ3v) is 6.39. The van der Waals surface area contributed by atoms with E-state index >= 15 is 0 Å². The fourth-order valence-electron chi connectivity index (χ4n) is 3.44. The van der Waals surface area contributed by atoms with Crippen LogP contribution in [0.5, 0.6) is 0 Å². The molecule has 31 heavy (non-hydrogen) atoms. The number of amides is 1. The molecule has 0 bridgehead atoms. The van der Waals surface area contributed by atoms with E-state index in [-0.39, 0.29) is 35.1 Å². The van der Waals surface area contributed by atoms with Crippen LogP contribution >= 0.6 is 11.8 Å². The number of rotatable bonds is 15. The molecule has 2 atom stereocenters. The summed E-state index contributed by atoms with van der Waals surface area (Å²) in [4.78, 5) is 46.3. The second kappa shape index (κ2) is 11.7. The summed E-state index contributed by atoms with van der Waals surface area (Å²) in [5.41, 5.74) is -0.731. The number of hydrogen-bond donors (Lipinski definition) is 4. The highest BCUT2D eigenvalue weighted by Crippen LogP contribution is 2.51. The van der Waals surface area contributed by atoms with Crippen LogP contribution in [0.25, 0.3) is 0 Å². The lowest BCUT2D eigenvalue weighted by molar-refractivity contribution is -0.139. The molecule has 0 aromatic rings. The molecule has 0 radical (unpaired) electrons. The number of carbonyl (C=O) groups is 4. The number of aliphatic carboxylic acids is 2. The van der Waals surface area contributed by atoms with Crippen LogP contribution in [0.2, 0.25) is 0 Å². The van der Waals surface area contributed by atoms with Crippen LogP contribution in [-0.4, -0.2) is 56.9 Å². The number of Topliss-reactive ketones (excluding diaryl/α,β-unsaturated/α-hetero) is 1. The molecule has 0 aromatic carbocycles. The van der Waals surface area contributed by atoms with Crippen LogP contribution in [0.15, 0.2) is 11.8 Å². The SMILES string of the molecule is CC(=O)CC(C)(C)N[C@@H](CSCCCCC=C(NC(=O)[C@@H]1CC1(C)C)C(=O)O)C(=O)O. The average molecular weight is 457 g/mol. The third-order valence-electron chi connectivity index (χ3n) is 5.25. The maximum Gasteiger partial charge on any atom is 0.352 e. The van der Waals surface area contributed by atoms with E-state index in [9.17, 15) is 29.4 Å². The Morgan fingerprint density at radius 2 is 1.81 bits per heavy atom. The van der Waals surface area contributed by atoms with Crippen molar-refractivity contribution >= 4 is 35.4 Å². The van der Waals surface area contributed by atoms with Gasteiger partial charge in [0, 0.05) is 23.6 Å². The summed E-state index contributed by atoms with van der Waals surface area (Å²) in [6.07, 6.45) is 4.60. The first-order chi connectivity index (χ1) is 14.2. The summed E-state index contributed by atoms with van der Waals surface area (Å²) < 4.78 is 0. The summed E-state index contributed by atoms with van der Waals surface area (Å²) in [6.45, 7) is 9.06. The van der Waals surface area contributed by atoms with Crippen molar-refractivity contribution in [3.05, 3.63) is 11.8 Å². The van der Waals surface area contributed by atoms with E-state index in [1.165, 1.54) is 24.8 Å². The molecule has 9 heteroatoms. The van der Waals surface area contributed by atoms with Gasteiger partial charge in [-0.05, 0) is 57.6 Å². The predicted octanol–water partition coefficient (Wildman–Crippen LogP) is 2.82. The van der Waals surface area contributed by atoms with Crippen molar-refractivity contribution < 1.29 is 29.4 Å². The standard InChI is InChI=1S/C22H36N2O6S/c1-14(25)11-22(4,5)24-17(20(29)30)13-31-10-8-6-7-9-16(19(27)28)23-18(26)15-12-21(15,2)3/h9,15,17,24H,6-8,10-13H2,1-5H3,(H,23,26)(H,27,28)(H,29,30)/t15-,17-/m0/s1. The first-order valence-corrected chi connectivity index (χ1v) is 11.7. The molecule has 4 N–H and O–H groups in total. The molecule has 0 spiro atoms. The summed E-state index contributed by atoms with van der Waals surface area (Å²) >= 11 is 1.50. The smallest absolute Gasteiger partial charge is 0.352 e. The number of carboxylic acids is 2. The van der Waals surface area contributed by atoms with Crippen LogP contribution in [0, 0.1) is 11.3 Å². The van der Waals surface area contributed by atoms with Gasteiger partial charge in [0.15, 0.2) is 0 Å². The number of carboxylic acid groups (broad SMARTS) is 2. The average Bonchev–Trinajstić information content (AvgIpc) is 3.25. The number of carbonyl (C=O) groups excluding carboxylic acids is 2. The highest BCUT2D eigenvalue weighted by Gasteiger charge is 2.50. The number of ketones is 1. The van der Waals surface area contributed by atoms with Crippen LogP contribution in [-0.2, 0) is 19.2 Å². The van der Waals surface area contributed by atoms with Crippen molar-refractivity contribution in [1.82, 2.24) is 10.6 Å². The molecular formula is C22H36N2O6S. The van der Waals surface area contributed by atoms with Crippen molar-refractivity contribution in [2.75, 3.05) is 11.5 Å². The minimum atomic E-state index is -1.15. The zero-order valence-corrected chi connectivity index (χ0v) is 19.9. The van der Waals surface area contributed by atoms with E-state index < -0.39 is 23.5 Å². The Bertz CT molecular complexity index is 717. The van der Waals surface area contributed by atoms with Gasteiger partial charge in [-0.25, -0.2) is 4.79 Å². The maximum absolute atomic E-state index is 12.1. The van der Waals surface area contributed by atoms with E-state index in [4.69, 9.17) is 0 Å². The highest BCUT2D eigenvalue weighted by atomic mass is 32.2. The lowest BCUT2D eigenvalue weighted by atomic mass is 9.97. The molecule has 1 aliphatic rings. The van der Waals surface area contributed by atoms with Gasteiger partial charge in [-0.3, -0.25) is 19.7 Å². The summed E-state index contributed by atoms with van der Waals surface area (Å²) in [5, 5.41) is 24.3. The lowest BCUT2D eigenvalue weighted by Gasteiger charge is -2.29. The van der Waals surface area contributed by atoms with Crippen molar-refractivity contribution in [1.29, 1.82) is 0 Å². The summed E-state index contributed by atoms with van der Waals surface area (Å²) in [6, 6.07) is -0.750. The number of allylic oxidation sites excluding steroid dienone is 1. The molecule has 1 saturated carbocycles. The molecule has 8 nitrogen and oxygen atoms in total.